The van der Waals surface area contributed by atoms with Crippen LogP contribution in [0.25, 0.3) is 5.82 Å². The Kier molecular flexibility index (Phi) is 6.07. The van der Waals surface area contributed by atoms with Crippen molar-refractivity contribution in [3.05, 3.63) is 23.5 Å². The number of rotatable bonds is 4. The number of aryl methyl sites for hydroxylation is 2. The molecule has 2 atom stereocenters. The second-order valence-corrected chi connectivity index (χ2v) is 11.3. The third kappa shape index (κ3) is 5.10. The minimum Gasteiger partial charge on any atom is -0.444 e. The summed E-state index contributed by atoms with van der Waals surface area (Å²) in [5.41, 5.74) is 1.29. The number of anilines is 2. The maximum atomic E-state index is 13.7. The van der Waals surface area contributed by atoms with Gasteiger partial charge in [-0.1, -0.05) is 0 Å². The number of likely N-dealkylation sites (tertiary alicyclic amines) is 1. The molecule has 2 aliphatic heterocycles. The lowest BCUT2D eigenvalue weighted by molar-refractivity contribution is -0.0361. The lowest BCUT2D eigenvalue weighted by atomic mass is 9.92. The van der Waals surface area contributed by atoms with Crippen LogP contribution in [0.1, 0.15) is 64.3 Å². The molecule has 2 bridgehead atoms. The summed E-state index contributed by atoms with van der Waals surface area (Å²) in [7, 11) is 0. The van der Waals surface area contributed by atoms with Crippen molar-refractivity contribution in [2.45, 2.75) is 96.4 Å². The number of nitrogens with one attached hydrogen (secondary N) is 1. The molecule has 3 aliphatic rings. The molecule has 1 saturated carbocycles. The molecule has 2 aromatic rings. The highest BCUT2D eigenvalue weighted by Gasteiger charge is 2.47. The van der Waals surface area contributed by atoms with Crippen molar-refractivity contribution in [1.29, 1.82) is 0 Å². The van der Waals surface area contributed by atoms with E-state index in [1.165, 1.54) is 0 Å². The zero-order valence-electron chi connectivity index (χ0n) is 21.6. The molecule has 0 unspecified atom stereocenters. The molecular weight excluding hydrogens is 468 g/mol. The van der Waals surface area contributed by atoms with Crippen LogP contribution in [-0.2, 0) is 4.74 Å². The van der Waals surface area contributed by atoms with Crippen molar-refractivity contribution in [3.8, 4) is 5.82 Å². The summed E-state index contributed by atoms with van der Waals surface area (Å²) in [6, 6.07) is 3.96. The molecular formula is C25H35F2N7O2. The number of halogens is 2. The zero-order valence-corrected chi connectivity index (χ0v) is 21.6. The number of piperazine rings is 1. The molecule has 2 aromatic heterocycles. The van der Waals surface area contributed by atoms with E-state index in [0.717, 1.165) is 23.6 Å². The first kappa shape index (κ1) is 24.7. The van der Waals surface area contributed by atoms with E-state index in [2.05, 4.69) is 15.3 Å². The Morgan fingerprint density at radius 1 is 1.08 bits per heavy atom. The van der Waals surface area contributed by atoms with Crippen LogP contribution in [0.2, 0.25) is 0 Å². The van der Waals surface area contributed by atoms with Gasteiger partial charge < -0.3 is 19.9 Å². The minimum absolute atomic E-state index is 0.0499. The predicted molar refractivity (Wildman–Crippen MR) is 132 cm³/mol. The summed E-state index contributed by atoms with van der Waals surface area (Å²) >= 11 is 0. The molecule has 1 aliphatic carbocycles. The lowest BCUT2D eigenvalue weighted by Gasteiger charge is -2.36. The second-order valence-electron chi connectivity index (χ2n) is 11.3. The van der Waals surface area contributed by atoms with Gasteiger partial charge in [-0.3, -0.25) is 0 Å². The van der Waals surface area contributed by atoms with Crippen LogP contribution in [0.5, 0.6) is 0 Å². The fraction of sp³-hybridized carbons (Fsp3) is 0.680. The fourth-order valence-electron chi connectivity index (χ4n) is 5.46. The third-order valence-electron chi connectivity index (χ3n) is 7.14. The quantitative estimate of drug-likeness (QED) is 0.659. The average Bonchev–Trinajstić information content (AvgIpc) is 3.47. The van der Waals surface area contributed by atoms with Crippen LogP contribution in [0.3, 0.4) is 0 Å². The molecule has 1 amide bonds. The normalized spacial score (nSPS) is 23.9. The van der Waals surface area contributed by atoms with Crippen LogP contribution in [-0.4, -0.2) is 73.5 Å². The van der Waals surface area contributed by atoms with Gasteiger partial charge in [0, 0.05) is 43.7 Å². The number of hydrogen-bond acceptors (Lipinski definition) is 7. The van der Waals surface area contributed by atoms with Gasteiger partial charge in [-0.25, -0.2) is 18.3 Å². The molecule has 5 rings (SSSR count). The summed E-state index contributed by atoms with van der Waals surface area (Å²) < 4.78 is 34.7. The first-order chi connectivity index (χ1) is 16.9. The van der Waals surface area contributed by atoms with Gasteiger partial charge in [0.25, 0.3) is 0 Å². The number of carbonyl (C=O) groups is 1. The summed E-state index contributed by atoms with van der Waals surface area (Å²) in [6.45, 7) is 10.7. The van der Waals surface area contributed by atoms with Crippen LogP contribution >= 0.6 is 0 Å². The van der Waals surface area contributed by atoms with Gasteiger partial charge in [0.2, 0.25) is 11.9 Å². The smallest absolute Gasteiger partial charge is 0.410 e. The number of fused-ring (bicyclic) bond motifs is 2. The van der Waals surface area contributed by atoms with E-state index < -0.39 is 11.5 Å². The van der Waals surface area contributed by atoms with Gasteiger partial charge in [-0.05, 0) is 59.9 Å². The summed E-state index contributed by atoms with van der Waals surface area (Å²) in [5, 5.41) is 7.89. The Morgan fingerprint density at radius 2 is 1.78 bits per heavy atom. The number of alkyl halides is 2. The SMILES string of the molecule is Cc1cc(C)n(-c2cc(N3C[C@H]4C[C@@H]3CN4C(=O)OC(C)(C)C)nc(NC3CCC(F)(F)CC3)n2)n1. The van der Waals surface area contributed by atoms with Crippen molar-refractivity contribution in [3.63, 3.8) is 0 Å². The molecule has 0 radical (unpaired) electrons. The molecule has 2 saturated heterocycles. The highest BCUT2D eigenvalue weighted by atomic mass is 19.3. The van der Waals surface area contributed by atoms with Crippen molar-refractivity contribution in [2.75, 3.05) is 23.3 Å². The predicted octanol–water partition coefficient (Wildman–Crippen LogP) is 4.47. The number of hydrogen-bond donors (Lipinski definition) is 1. The van der Waals surface area contributed by atoms with Crippen LogP contribution in [0.4, 0.5) is 25.3 Å². The van der Waals surface area contributed by atoms with Gasteiger partial charge in [-0.2, -0.15) is 15.1 Å². The first-order valence-corrected chi connectivity index (χ1v) is 12.7. The first-order valence-electron chi connectivity index (χ1n) is 12.7. The van der Waals surface area contributed by atoms with E-state index in [0.29, 0.717) is 37.7 Å². The topological polar surface area (TPSA) is 88.4 Å². The molecule has 0 aromatic carbocycles. The largest absolute Gasteiger partial charge is 0.444 e. The Hall–Kier alpha value is -2.98. The minimum atomic E-state index is -2.59. The standard InChI is InChI=1S/C25H35F2N7O2/c1-15-10-16(2)34(31-15)21-12-20(29-22(30-21)28-17-6-8-25(26,27)9-7-17)32-13-19-11-18(32)14-33(19)23(35)36-24(3,4)5/h10,12,17-19H,6-9,11,13-14H2,1-5H3,(H,28,29,30)/t18-,19-/m1/s1. The number of ether oxygens (including phenoxy) is 1. The van der Waals surface area contributed by atoms with Gasteiger partial charge in [0.15, 0.2) is 5.82 Å². The Morgan fingerprint density at radius 3 is 2.36 bits per heavy atom. The van der Waals surface area contributed by atoms with Crippen LogP contribution in [0, 0.1) is 13.8 Å². The van der Waals surface area contributed by atoms with Crippen molar-refractivity contribution in [2.24, 2.45) is 0 Å². The molecule has 1 N–H and O–H groups in total. The van der Waals surface area contributed by atoms with Crippen LogP contribution in [0.15, 0.2) is 12.1 Å². The van der Waals surface area contributed by atoms with E-state index in [9.17, 15) is 13.6 Å². The zero-order chi connectivity index (χ0) is 25.8. The number of carbonyl (C=O) groups excluding carboxylic acids is 1. The highest BCUT2D eigenvalue weighted by molar-refractivity contribution is 5.70. The maximum absolute atomic E-state index is 13.7. The summed E-state index contributed by atoms with van der Waals surface area (Å²) in [5.74, 6) is -0.810. The molecule has 4 heterocycles. The molecule has 9 nitrogen and oxygen atoms in total. The Balaban J connectivity index is 1.39. The molecule has 3 fully saturated rings. The van der Waals surface area contributed by atoms with Gasteiger partial charge in [0.05, 0.1) is 17.8 Å². The summed E-state index contributed by atoms with van der Waals surface area (Å²) in [6.07, 6.45) is 1.04. The van der Waals surface area contributed by atoms with E-state index in [-0.39, 0.29) is 37.1 Å². The van der Waals surface area contributed by atoms with E-state index in [1.54, 1.807) is 4.68 Å². The Labute approximate surface area is 210 Å². The fourth-order valence-corrected chi connectivity index (χ4v) is 5.46. The van der Waals surface area contributed by atoms with E-state index in [4.69, 9.17) is 14.7 Å². The maximum Gasteiger partial charge on any atom is 0.410 e. The number of amides is 1. The van der Waals surface area contributed by atoms with Crippen molar-refractivity contribution < 1.29 is 18.3 Å². The molecule has 36 heavy (non-hydrogen) atoms. The molecule has 196 valence electrons. The monoisotopic (exact) mass is 503 g/mol. The van der Waals surface area contributed by atoms with Crippen molar-refractivity contribution in [1.82, 2.24) is 24.6 Å². The molecule has 11 heteroatoms. The highest BCUT2D eigenvalue weighted by Crippen LogP contribution is 2.37. The number of nitrogens with zero attached hydrogens (tertiary/aromatic N) is 6. The number of aromatic nitrogens is 4. The third-order valence-corrected chi connectivity index (χ3v) is 7.14. The Bertz CT molecular complexity index is 1140. The van der Waals surface area contributed by atoms with Crippen molar-refractivity contribution >= 4 is 17.9 Å². The van der Waals surface area contributed by atoms with Gasteiger partial charge in [-0.15, -0.1) is 0 Å². The molecule has 0 spiro atoms. The second kappa shape index (κ2) is 8.85. The van der Waals surface area contributed by atoms with Crippen LogP contribution < -0.4 is 10.2 Å². The van der Waals surface area contributed by atoms with E-state index >= 15 is 0 Å². The van der Waals surface area contributed by atoms with E-state index in [1.807, 2.05) is 51.7 Å². The lowest BCUT2D eigenvalue weighted by Crippen LogP contribution is -2.50. The average molecular weight is 504 g/mol. The van der Waals surface area contributed by atoms with Gasteiger partial charge in [0.1, 0.15) is 11.4 Å². The summed E-state index contributed by atoms with van der Waals surface area (Å²) in [4.78, 5) is 26.2. The van der Waals surface area contributed by atoms with Gasteiger partial charge >= 0.3 is 6.09 Å².